The van der Waals surface area contributed by atoms with E-state index >= 15 is 0 Å². The molecule has 1 saturated heterocycles. The molecule has 0 radical (unpaired) electrons. The molecule has 110 valence electrons. The molecule has 1 aliphatic heterocycles. The summed E-state index contributed by atoms with van der Waals surface area (Å²) in [7, 11) is 2.08. The van der Waals surface area contributed by atoms with E-state index in [9.17, 15) is 4.79 Å². The maximum Gasteiger partial charge on any atom is 0.374 e. The van der Waals surface area contributed by atoms with Gasteiger partial charge >= 0.3 is 5.97 Å². The summed E-state index contributed by atoms with van der Waals surface area (Å²) in [4.78, 5) is 21.5. The molecule has 0 saturated carbocycles. The second kappa shape index (κ2) is 5.65. The third-order valence-electron chi connectivity index (χ3n) is 3.70. The van der Waals surface area contributed by atoms with Crippen molar-refractivity contribution in [1.82, 2.24) is 14.9 Å². The Morgan fingerprint density at radius 2 is 2.00 bits per heavy atom. The molecule has 6 heteroatoms. The number of benzene rings is 1. The predicted molar refractivity (Wildman–Crippen MR) is 77.6 cm³/mol. The van der Waals surface area contributed by atoms with Gasteiger partial charge in [-0.05, 0) is 32.0 Å². The molecule has 0 aliphatic carbocycles. The number of para-hydroxylation sites is 1. The summed E-state index contributed by atoms with van der Waals surface area (Å²) in [6.45, 7) is 1.94. The molecular formula is C15H17N3O3. The number of aromatic nitrogens is 2. The van der Waals surface area contributed by atoms with Crippen LogP contribution in [0.1, 0.15) is 23.5 Å². The number of carbonyl (C=O) groups is 1. The van der Waals surface area contributed by atoms with Crippen LogP contribution >= 0.6 is 0 Å². The molecule has 3 rings (SSSR count). The van der Waals surface area contributed by atoms with E-state index in [1.165, 1.54) is 0 Å². The van der Waals surface area contributed by atoms with Crippen LogP contribution in [0.3, 0.4) is 0 Å². The number of hydrogen-bond donors (Lipinski definition) is 1. The van der Waals surface area contributed by atoms with Crippen LogP contribution in [0.4, 0.5) is 0 Å². The Morgan fingerprint density at radius 3 is 2.71 bits per heavy atom. The van der Waals surface area contributed by atoms with Gasteiger partial charge in [-0.1, -0.05) is 12.1 Å². The van der Waals surface area contributed by atoms with Gasteiger partial charge in [-0.15, -0.1) is 0 Å². The molecule has 1 aromatic carbocycles. The zero-order valence-corrected chi connectivity index (χ0v) is 11.8. The lowest BCUT2D eigenvalue weighted by Crippen LogP contribution is -2.35. The standard InChI is InChI=1S/C15H17N3O3/c1-18-8-6-10(7-9-18)21-14-11-4-2-3-5-12(11)16-13(17-14)15(19)20/h2-5,10H,6-9H2,1H3,(H,19,20). The summed E-state index contributed by atoms with van der Waals surface area (Å²) >= 11 is 0. The number of rotatable bonds is 3. The molecule has 6 nitrogen and oxygen atoms in total. The van der Waals surface area contributed by atoms with E-state index in [1.807, 2.05) is 18.2 Å². The number of carboxylic acid groups (broad SMARTS) is 1. The lowest BCUT2D eigenvalue weighted by Gasteiger charge is -2.29. The number of aromatic carboxylic acids is 1. The Hall–Kier alpha value is -2.21. The maximum atomic E-state index is 11.1. The lowest BCUT2D eigenvalue weighted by atomic mass is 10.1. The predicted octanol–water partition coefficient (Wildman–Crippen LogP) is 1.80. The van der Waals surface area contributed by atoms with Crippen molar-refractivity contribution in [2.45, 2.75) is 18.9 Å². The SMILES string of the molecule is CN1CCC(Oc2nc(C(=O)O)nc3ccccc23)CC1. The minimum absolute atomic E-state index is 0.0705. The van der Waals surface area contributed by atoms with Crippen LogP contribution in [-0.2, 0) is 0 Å². The van der Waals surface area contributed by atoms with Gasteiger partial charge < -0.3 is 14.7 Å². The van der Waals surface area contributed by atoms with Crippen LogP contribution < -0.4 is 4.74 Å². The normalized spacial score (nSPS) is 17.0. The minimum Gasteiger partial charge on any atom is -0.475 e. The summed E-state index contributed by atoms with van der Waals surface area (Å²) in [6, 6.07) is 7.31. The number of piperidine rings is 1. The van der Waals surface area contributed by atoms with E-state index < -0.39 is 5.97 Å². The summed E-state index contributed by atoms with van der Waals surface area (Å²) in [5.74, 6) is -1.00. The van der Waals surface area contributed by atoms with Gasteiger partial charge in [-0.3, -0.25) is 0 Å². The summed E-state index contributed by atoms with van der Waals surface area (Å²) in [5.41, 5.74) is 0.591. The fraction of sp³-hybridized carbons (Fsp3) is 0.400. The van der Waals surface area contributed by atoms with Gasteiger partial charge in [0.25, 0.3) is 0 Å². The third-order valence-corrected chi connectivity index (χ3v) is 3.70. The second-order valence-electron chi connectivity index (χ2n) is 5.30. The molecule has 21 heavy (non-hydrogen) atoms. The zero-order chi connectivity index (χ0) is 14.8. The summed E-state index contributed by atoms with van der Waals surface area (Å²) in [5, 5.41) is 9.87. The second-order valence-corrected chi connectivity index (χ2v) is 5.30. The molecule has 2 aromatic rings. The largest absolute Gasteiger partial charge is 0.475 e. The molecule has 0 atom stereocenters. The first-order chi connectivity index (χ1) is 10.1. The number of carboxylic acids is 1. The Morgan fingerprint density at radius 1 is 1.29 bits per heavy atom. The fourth-order valence-electron chi connectivity index (χ4n) is 2.49. The van der Waals surface area contributed by atoms with Gasteiger partial charge in [-0.2, -0.15) is 4.98 Å². The van der Waals surface area contributed by atoms with E-state index in [0.717, 1.165) is 31.3 Å². The van der Waals surface area contributed by atoms with Crippen molar-refractivity contribution in [3.63, 3.8) is 0 Å². The van der Waals surface area contributed by atoms with Crippen molar-refractivity contribution in [3.05, 3.63) is 30.1 Å². The number of hydrogen-bond acceptors (Lipinski definition) is 5. The van der Waals surface area contributed by atoms with E-state index in [4.69, 9.17) is 9.84 Å². The van der Waals surface area contributed by atoms with Crippen LogP contribution in [-0.4, -0.2) is 52.2 Å². The smallest absolute Gasteiger partial charge is 0.374 e. The van der Waals surface area contributed by atoms with Crippen molar-refractivity contribution >= 4 is 16.9 Å². The molecule has 2 heterocycles. The Bertz CT molecular complexity index is 666. The highest BCUT2D eigenvalue weighted by atomic mass is 16.5. The van der Waals surface area contributed by atoms with Crippen LogP contribution in [0.5, 0.6) is 5.88 Å². The molecule has 0 spiro atoms. The number of nitrogens with zero attached hydrogens (tertiary/aromatic N) is 3. The lowest BCUT2D eigenvalue weighted by molar-refractivity contribution is 0.0679. The molecule has 1 N–H and O–H groups in total. The van der Waals surface area contributed by atoms with Crippen LogP contribution in [0.15, 0.2) is 24.3 Å². The van der Waals surface area contributed by atoms with E-state index in [1.54, 1.807) is 6.07 Å². The van der Waals surface area contributed by atoms with Gasteiger partial charge in [0.2, 0.25) is 11.7 Å². The molecule has 1 fully saturated rings. The summed E-state index contributed by atoms with van der Waals surface area (Å²) in [6.07, 6.45) is 1.90. The topological polar surface area (TPSA) is 75.5 Å². The van der Waals surface area contributed by atoms with Gasteiger partial charge in [-0.25, -0.2) is 9.78 Å². The van der Waals surface area contributed by atoms with Crippen molar-refractivity contribution in [3.8, 4) is 5.88 Å². The molecule has 0 amide bonds. The number of ether oxygens (including phenoxy) is 1. The maximum absolute atomic E-state index is 11.1. The van der Waals surface area contributed by atoms with E-state index in [-0.39, 0.29) is 11.9 Å². The van der Waals surface area contributed by atoms with E-state index in [0.29, 0.717) is 11.4 Å². The van der Waals surface area contributed by atoms with Crippen molar-refractivity contribution < 1.29 is 14.6 Å². The van der Waals surface area contributed by atoms with Gasteiger partial charge in [0.05, 0.1) is 10.9 Å². The average molecular weight is 287 g/mol. The molecule has 0 unspecified atom stereocenters. The van der Waals surface area contributed by atoms with Crippen molar-refractivity contribution in [1.29, 1.82) is 0 Å². The van der Waals surface area contributed by atoms with Crippen LogP contribution in [0.25, 0.3) is 10.9 Å². The average Bonchev–Trinajstić information content (AvgIpc) is 2.49. The van der Waals surface area contributed by atoms with E-state index in [2.05, 4.69) is 21.9 Å². The summed E-state index contributed by atoms with van der Waals surface area (Å²) < 4.78 is 5.97. The Kier molecular flexibility index (Phi) is 3.70. The number of fused-ring (bicyclic) bond motifs is 1. The first-order valence-corrected chi connectivity index (χ1v) is 6.99. The highest BCUT2D eigenvalue weighted by Crippen LogP contribution is 2.25. The third kappa shape index (κ3) is 2.95. The first-order valence-electron chi connectivity index (χ1n) is 6.99. The minimum atomic E-state index is -1.14. The highest BCUT2D eigenvalue weighted by molar-refractivity contribution is 5.89. The fourth-order valence-corrected chi connectivity index (χ4v) is 2.49. The van der Waals surface area contributed by atoms with Gasteiger partial charge in [0.15, 0.2) is 0 Å². The zero-order valence-electron chi connectivity index (χ0n) is 11.8. The van der Waals surface area contributed by atoms with Crippen LogP contribution in [0.2, 0.25) is 0 Å². The highest BCUT2D eigenvalue weighted by Gasteiger charge is 2.21. The molecular weight excluding hydrogens is 270 g/mol. The molecule has 1 aliphatic rings. The number of likely N-dealkylation sites (tertiary alicyclic amines) is 1. The quantitative estimate of drug-likeness (QED) is 0.927. The Balaban J connectivity index is 1.94. The Labute approximate surface area is 122 Å². The van der Waals surface area contributed by atoms with Gasteiger partial charge in [0.1, 0.15) is 6.10 Å². The van der Waals surface area contributed by atoms with Crippen molar-refractivity contribution in [2.24, 2.45) is 0 Å². The first kappa shape index (κ1) is 13.8. The van der Waals surface area contributed by atoms with Gasteiger partial charge in [0, 0.05) is 13.1 Å². The molecule has 1 aromatic heterocycles. The monoisotopic (exact) mass is 287 g/mol. The van der Waals surface area contributed by atoms with Crippen LogP contribution in [0, 0.1) is 0 Å². The molecule has 0 bridgehead atoms. The van der Waals surface area contributed by atoms with Crippen molar-refractivity contribution in [2.75, 3.05) is 20.1 Å².